The Morgan fingerprint density at radius 3 is 2.63 bits per heavy atom. The second-order valence-electron chi connectivity index (χ2n) is 5.28. The molecule has 0 radical (unpaired) electrons. The van der Waals surface area contributed by atoms with E-state index in [2.05, 4.69) is 0 Å². The minimum Gasteiger partial charge on any atom is -0.507 e. The molecule has 19 heavy (non-hydrogen) atoms. The topological polar surface area (TPSA) is 59.1 Å². The van der Waals surface area contributed by atoms with Crippen LogP contribution >= 0.6 is 11.3 Å². The Kier molecular flexibility index (Phi) is 3.07. The number of aryl methyl sites for hydroxylation is 3. The van der Waals surface area contributed by atoms with E-state index in [1.807, 2.05) is 26.0 Å². The first-order valence-corrected chi connectivity index (χ1v) is 7.43. The van der Waals surface area contributed by atoms with Gasteiger partial charge in [0.25, 0.3) is 0 Å². The minimum atomic E-state index is 0.0908. The number of thiazole rings is 1. The number of phenolic OH excluding ortho intramolecular Hbond substituents is 1. The number of nitrogens with two attached hydrogens (primary N) is 1. The van der Waals surface area contributed by atoms with Crippen LogP contribution < -0.4 is 5.73 Å². The molecule has 0 saturated heterocycles. The first kappa shape index (κ1) is 12.6. The van der Waals surface area contributed by atoms with E-state index in [0.29, 0.717) is 5.75 Å². The quantitative estimate of drug-likeness (QED) is 0.837. The lowest BCUT2D eigenvalue weighted by Gasteiger charge is -2.15. The van der Waals surface area contributed by atoms with E-state index >= 15 is 0 Å². The molecule has 4 heteroatoms. The molecule has 0 amide bonds. The third-order valence-corrected chi connectivity index (χ3v) is 4.92. The first-order chi connectivity index (χ1) is 9.06. The summed E-state index contributed by atoms with van der Waals surface area (Å²) in [5, 5.41) is 10.9. The van der Waals surface area contributed by atoms with Crippen LogP contribution in [0.25, 0.3) is 10.6 Å². The Morgan fingerprint density at radius 2 is 2.00 bits per heavy atom. The third-order valence-electron chi connectivity index (χ3n) is 3.74. The van der Waals surface area contributed by atoms with Crippen LogP contribution in [0.2, 0.25) is 0 Å². The summed E-state index contributed by atoms with van der Waals surface area (Å²) in [6.07, 6.45) is 3.28. The molecule has 100 valence electrons. The maximum Gasteiger partial charge on any atom is 0.123 e. The number of hydrogen-bond donors (Lipinski definition) is 2. The van der Waals surface area contributed by atoms with Crippen molar-refractivity contribution in [2.45, 2.75) is 39.2 Å². The molecule has 1 aromatic carbocycles. The van der Waals surface area contributed by atoms with Crippen molar-refractivity contribution in [1.29, 1.82) is 0 Å². The van der Waals surface area contributed by atoms with Crippen molar-refractivity contribution in [2.75, 3.05) is 0 Å². The van der Waals surface area contributed by atoms with E-state index < -0.39 is 0 Å². The van der Waals surface area contributed by atoms with E-state index in [9.17, 15) is 5.11 Å². The number of fused-ring (bicyclic) bond motifs is 1. The van der Waals surface area contributed by atoms with Crippen molar-refractivity contribution in [1.82, 2.24) is 4.98 Å². The predicted octanol–water partition coefficient (Wildman–Crippen LogP) is 3.47. The molecule has 1 heterocycles. The van der Waals surface area contributed by atoms with Crippen LogP contribution in [-0.4, -0.2) is 10.1 Å². The standard InChI is InChI=1S/C15H18N2OS/c1-8-6-10(7-9(2)14(8)18)15-17-13-11(16)4-3-5-12(13)19-15/h6-7,11,18H,3-5,16H2,1-2H3. The zero-order valence-corrected chi connectivity index (χ0v) is 12.0. The summed E-state index contributed by atoms with van der Waals surface area (Å²) in [6.45, 7) is 3.84. The summed E-state index contributed by atoms with van der Waals surface area (Å²) in [4.78, 5) is 6.06. The third kappa shape index (κ3) is 2.15. The van der Waals surface area contributed by atoms with E-state index in [1.54, 1.807) is 11.3 Å². The van der Waals surface area contributed by atoms with Crippen molar-refractivity contribution >= 4 is 11.3 Å². The number of benzene rings is 1. The molecule has 3 rings (SSSR count). The SMILES string of the molecule is Cc1cc(-c2nc3c(s2)CCCC3N)cc(C)c1O. The zero-order valence-electron chi connectivity index (χ0n) is 11.2. The number of rotatable bonds is 1. The molecule has 1 atom stereocenters. The number of nitrogens with zero attached hydrogens (tertiary/aromatic N) is 1. The fraction of sp³-hybridized carbons (Fsp3) is 0.400. The van der Waals surface area contributed by atoms with Gasteiger partial charge in [-0.2, -0.15) is 0 Å². The Hall–Kier alpha value is -1.39. The molecule has 0 aliphatic heterocycles. The van der Waals surface area contributed by atoms with Crippen molar-refractivity contribution in [2.24, 2.45) is 5.73 Å². The van der Waals surface area contributed by atoms with Crippen molar-refractivity contribution in [3.8, 4) is 16.3 Å². The number of hydrogen-bond acceptors (Lipinski definition) is 4. The fourth-order valence-corrected chi connectivity index (χ4v) is 3.82. The van der Waals surface area contributed by atoms with Crippen molar-refractivity contribution in [3.05, 3.63) is 33.8 Å². The van der Waals surface area contributed by atoms with Crippen LogP contribution in [0.4, 0.5) is 0 Å². The minimum absolute atomic E-state index is 0.0908. The van der Waals surface area contributed by atoms with Crippen LogP contribution in [-0.2, 0) is 6.42 Å². The molecule has 0 saturated carbocycles. The Labute approximate surface area is 117 Å². The summed E-state index contributed by atoms with van der Waals surface area (Å²) >= 11 is 1.74. The summed E-state index contributed by atoms with van der Waals surface area (Å²) in [5.74, 6) is 0.377. The van der Waals surface area contributed by atoms with Crippen LogP contribution in [0.15, 0.2) is 12.1 Å². The Balaban J connectivity index is 2.08. The van der Waals surface area contributed by atoms with E-state index in [4.69, 9.17) is 10.7 Å². The molecule has 0 spiro atoms. The van der Waals surface area contributed by atoms with Gasteiger partial charge in [-0.15, -0.1) is 11.3 Å². The molecule has 1 aromatic heterocycles. The van der Waals surface area contributed by atoms with Gasteiger partial charge >= 0.3 is 0 Å². The lowest BCUT2D eigenvalue weighted by atomic mass is 9.98. The summed E-state index contributed by atoms with van der Waals surface area (Å²) in [6, 6.07) is 4.09. The maximum absolute atomic E-state index is 9.84. The van der Waals surface area contributed by atoms with Gasteiger partial charge in [-0.05, 0) is 56.4 Å². The molecule has 1 aliphatic rings. The average molecular weight is 274 g/mol. The second-order valence-corrected chi connectivity index (χ2v) is 6.37. The Morgan fingerprint density at radius 1 is 1.32 bits per heavy atom. The molecular formula is C15H18N2OS. The van der Waals surface area contributed by atoms with Gasteiger partial charge in [0.2, 0.25) is 0 Å². The highest BCUT2D eigenvalue weighted by Gasteiger charge is 2.22. The van der Waals surface area contributed by atoms with Gasteiger partial charge in [-0.25, -0.2) is 4.98 Å². The number of aromatic hydroxyl groups is 1. The highest BCUT2D eigenvalue weighted by molar-refractivity contribution is 7.15. The van der Waals surface area contributed by atoms with Gasteiger partial charge in [-0.3, -0.25) is 0 Å². The molecule has 3 nitrogen and oxygen atoms in total. The van der Waals surface area contributed by atoms with Gasteiger partial charge in [0.1, 0.15) is 10.8 Å². The number of phenols is 1. The molecule has 1 aliphatic carbocycles. The first-order valence-electron chi connectivity index (χ1n) is 6.62. The predicted molar refractivity (Wildman–Crippen MR) is 78.6 cm³/mol. The molecule has 3 N–H and O–H groups in total. The van der Waals surface area contributed by atoms with Crippen molar-refractivity contribution in [3.63, 3.8) is 0 Å². The molecular weight excluding hydrogens is 256 g/mol. The molecule has 0 bridgehead atoms. The van der Waals surface area contributed by atoms with Crippen LogP contribution in [0, 0.1) is 13.8 Å². The highest BCUT2D eigenvalue weighted by Crippen LogP contribution is 2.37. The van der Waals surface area contributed by atoms with Crippen LogP contribution in [0.1, 0.15) is 40.6 Å². The van der Waals surface area contributed by atoms with Crippen molar-refractivity contribution < 1.29 is 5.11 Å². The number of aromatic nitrogens is 1. The normalized spacial score (nSPS) is 18.4. The summed E-state index contributed by atoms with van der Waals surface area (Å²) < 4.78 is 0. The van der Waals surface area contributed by atoms with Gasteiger partial charge in [0.05, 0.1) is 5.69 Å². The smallest absolute Gasteiger partial charge is 0.123 e. The van der Waals surface area contributed by atoms with Gasteiger partial charge in [-0.1, -0.05) is 0 Å². The zero-order chi connectivity index (χ0) is 13.6. The van der Waals surface area contributed by atoms with Crippen LogP contribution in [0.5, 0.6) is 5.75 Å². The highest BCUT2D eigenvalue weighted by atomic mass is 32.1. The van der Waals surface area contributed by atoms with Gasteiger partial charge in [0.15, 0.2) is 0 Å². The van der Waals surface area contributed by atoms with E-state index in [-0.39, 0.29) is 6.04 Å². The lowest BCUT2D eigenvalue weighted by Crippen LogP contribution is -2.16. The molecule has 1 unspecified atom stereocenters. The maximum atomic E-state index is 9.84. The Bertz CT molecular complexity index is 610. The summed E-state index contributed by atoms with van der Waals surface area (Å²) in [7, 11) is 0. The van der Waals surface area contributed by atoms with E-state index in [1.165, 1.54) is 4.88 Å². The van der Waals surface area contributed by atoms with Crippen LogP contribution in [0.3, 0.4) is 0 Å². The fourth-order valence-electron chi connectivity index (χ4n) is 2.65. The van der Waals surface area contributed by atoms with Gasteiger partial charge in [0, 0.05) is 16.5 Å². The lowest BCUT2D eigenvalue weighted by molar-refractivity contribution is 0.467. The molecule has 2 aromatic rings. The second kappa shape index (κ2) is 4.62. The molecule has 0 fully saturated rings. The average Bonchev–Trinajstić information content (AvgIpc) is 2.81. The summed E-state index contributed by atoms with van der Waals surface area (Å²) in [5.41, 5.74) is 10.1. The van der Waals surface area contributed by atoms with Gasteiger partial charge < -0.3 is 10.8 Å². The van der Waals surface area contributed by atoms with E-state index in [0.717, 1.165) is 46.7 Å². The monoisotopic (exact) mass is 274 g/mol. The largest absolute Gasteiger partial charge is 0.507 e.